The van der Waals surface area contributed by atoms with Crippen LogP contribution in [0.4, 0.5) is 4.79 Å². The van der Waals surface area contributed by atoms with Crippen molar-refractivity contribution in [3.63, 3.8) is 0 Å². The average molecular weight is 911 g/mol. The summed E-state index contributed by atoms with van der Waals surface area (Å²) in [5.41, 5.74) is 0.350. The van der Waals surface area contributed by atoms with Crippen LogP contribution < -0.4 is 30.2 Å². The molecule has 0 saturated carbocycles. The van der Waals surface area contributed by atoms with E-state index >= 15 is 0 Å². The van der Waals surface area contributed by atoms with E-state index in [2.05, 4.69) is 39.5 Å². The second-order valence-electron chi connectivity index (χ2n) is 17.0. The standard InChI is InChI=1S/C26H28O8.C25H30O7/c1-8-12-29-21-16-10-11-17(14(5)19(16)31-23(27)18(21)13(3)4)30-24-22-20(32-25(28)33-22)15(6)26(7,9-2)34-24;1-8-12-29-22-16-10-11-17(14(5)21(16)31-23(28)18(22)13(3)4)30-24-20(27)19(26)15(6)25(7,9-2)32-24/h8-11,15,20,22,24H,1-3,12H2,4-7H3;8-11,15,19-20,24,26-27H,1-3,12H2,4-7H3/t15-,20-,22-,24?,26+;15-,19-,20-,24?,25+/m11/s1. The third-order valence-corrected chi connectivity index (χ3v) is 12.5. The minimum Gasteiger partial charge on any atom is -0.488 e. The third-order valence-electron chi connectivity index (χ3n) is 12.5. The van der Waals surface area contributed by atoms with E-state index in [0.717, 1.165) is 0 Å². The summed E-state index contributed by atoms with van der Waals surface area (Å²) < 4.78 is 57.8. The summed E-state index contributed by atoms with van der Waals surface area (Å²) in [5, 5.41) is 22.2. The van der Waals surface area contributed by atoms with Gasteiger partial charge in [-0.05, 0) is 77.0 Å². The summed E-state index contributed by atoms with van der Waals surface area (Å²) in [6.45, 7) is 37.3. The van der Waals surface area contributed by atoms with E-state index < -0.39 is 71.5 Å². The molecule has 15 nitrogen and oxygen atoms in total. The fraction of sp³-hybridized carbons (Fsp3) is 0.392. The normalized spacial score (nSPS) is 27.8. The summed E-state index contributed by atoms with van der Waals surface area (Å²) in [6.07, 6.45) is -0.176. The molecule has 0 spiro atoms. The highest BCUT2D eigenvalue weighted by molar-refractivity contribution is 5.92. The number of aliphatic hydroxyl groups excluding tert-OH is 2. The van der Waals surface area contributed by atoms with Gasteiger partial charge in [0.2, 0.25) is 18.7 Å². The number of rotatable bonds is 14. The van der Waals surface area contributed by atoms with Gasteiger partial charge in [0.25, 0.3) is 0 Å². The highest BCUT2D eigenvalue weighted by Gasteiger charge is 2.57. The van der Waals surface area contributed by atoms with E-state index in [0.29, 0.717) is 61.6 Å². The van der Waals surface area contributed by atoms with Crippen LogP contribution in [-0.4, -0.2) is 77.8 Å². The SMILES string of the molecule is C=CCOc1c(C(=C)C)c(=O)oc2c(C)c(OC3O[C@@](C)(C=C)[C@H](C)[C@@H](O)[C@H]3O)ccc12.C=CCOc1c(C(=C)C)c(=O)oc2c(C)c(OC3O[C@@](C)(C=C)[C@H](C)[C@H]4OC(=O)O[C@@H]34)ccc12. The maximum atomic E-state index is 12.8. The lowest BCUT2D eigenvalue weighted by Gasteiger charge is -2.46. The van der Waals surface area contributed by atoms with Gasteiger partial charge in [0.05, 0.1) is 28.1 Å². The topological polar surface area (TPSA) is 192 Å². The molecular formula is C51H58O15. The Labute approximate surface area is 382 Å². The zero-order valence-electron chi connectivity index (χ0n) is 38.6. The molecule has 2 unspecified atom stereocenters. The van der Waals surface area contributed by atoms with Crippen molar-refractivity contribution in [3.05, 3.63) is 131 Å². The van der Waals surface area contributed by atoms with Crippen LogP contribution in [-0.2, 0) is 18.9 Å². The Kier molecular flexibility index (Phi) is 14.3. The highest BCUT2D eigenvalue weighted by Crippen LogP contribution is 2.44. The van der Waals surface area contributed by atoms with E-state index in [1.54, 1.807) is 90.1 Å². The number of carbonyl (C=O) groups is 1. The van der Waals surface area contributed by atoms with Gasteiger partial charge in [-0.1, -0.05) is 64.5 Å². The lowest BCUT2D eigenvalue weighted by Crippen LogP contribution is -2.59. The molecule has 0 radical (unpaired) electrons. The van der Waals surface area contributed by atoms with Crippen LogP contribution in [0.2, 0.25) is 0 Å². The first-order valence-electron chi connectivity index (χ1n) is 21.4. The summed E-state index contributed by atoms with van der Waals surface area (Å²) in [7, 11) is 0. The molecule has 0 amide bonds. The number of hydrogen-bond donors (Lipinski definition) is 2. The Bertz CT molecular complexity index is 2730. The van der Waals surface area contributed by atoms with Gasteiger partial charge >= 0.3 is 17.4 Å². The number of fused-ring (bicyclic) bond motifs is 3. The molecule has 5 heterocycles. The zero-order chi connectivity index (χ0) is 48.6. The average Bonchev–Trinajstić information content (AvgIpc) is 3.68. The monoisotopic (exact) mass is 910 g/mol. The number of aliphatic hydroxyl groups is 2. The Morgan fingerprint density at radius 3 is 1.53 bits per heavy atom. The van der Waals surface area contributed by atoms with Crippen molar-refractivity contribution in [2.24, 2.45) is 11.8 Å². The first kappa shape index (κ1) is 49.1. The molecule has 2 aromatic heterocycles. The molecule has 3 saturated heterocycles. The van der Waals surface area contributed by atoms with Gasteiger partial charge < -0.3 is 56.9 Å². The van der Waals surface area contributed by atoms with E-state index in [4.69, 9.17) is 46.7 Å². The largest absolute Gasteiger partial charge is 0.509 e. The summed E-state index contributed by atoms with van der Waals surface area (Å²) in [4.78, 5) is 37.3. The number of allylic oxidation sites excluding steroid dienone is 2. The van der Waals surface area contributed by atoms with Gasteiger partial charge in [-0.2, -0.15) is 0 Å². The predicted octanol–water partition coefficient (Wildman–Crippen LogP) is 8.66. The van der Waals surface area contributed by atoms with Crippen molar-refractivity contribution in [1.29, 1.82) is 0 Å². The van der Waals surface area contributed by atoms with Crippen LogP contribution in [0.3, 0.4) is 0 Å². The van der Waals surface area contributed by atoms with Crippen LogP contribution in [0.15, 0.2) is 106 Å². The lowest BCUT2D eigenvalue weighted by atomic mass is 9.81. The predicted molar refractivity (Wildman–Crippen MR) is 249 cm³/mol. The fourth-order valence-corrected chi connectivity index (χ4v) is 8.14. The van der Waals surface area contributed by atoms with Gasteiger partial charge in [0.1, 0.15) is 64.6 Å². The Hall–Kier alpha value is -6.39. The molecule has 2 aromatic carbocycles. The molecule has 10 atom stereocenters. The summed E-state index contributed by atoms with van der Waals surface area (Å²) in [6, 6.07) is 6.83. The molecular weight excluding hydrogens is 853 g/mol. The maximum absolute atomic E-state index is 12.8. The van der Waals surface area contributed by atoms with Gasteiger partial charge in [-0.15, -0.1) is 13.2 Å². The third kappa shape index (κ3) is 8.95. The second-order valence-corrected chi connectivity index (χ2v) is 17.0. The first-order valence-corrected chi connectivity index (χ1v) is 21.4. The molecule has 352 valence electrons. The highest BCUT2D eigenvalue weighted by atomic mass is 16.8. The van der Waals surface area contributed by atoms with Gasteiger partial charge in [-0.3, -0.25) is 0 Å². The van der Waals surface area contributed by atoms with E-state index in [-0.39, 0.29) is 35.8 Å². The number of aryl methyl sites for hydroxylation is 2. The fourth-order valence-electron chi connectivity index (χ4n) is 8.14. The summed E-state index contributed by atoms with van der Waals surface area (Å²) >= 11 is 0. The van der Waals surface area contributed by atoms with Crippen molar-refractivity contribution in [3.8, 4) is 23.0 Å². The molecule has 4 aromatic rings. The molecule has 15 heteroatoms. The molecule has 0 bridgehead atoms. The van der Waals surface area contributed by atoms with Crippen LogP contribution in [0.25, 0.3) is 33.1 Å². The molecule has 0 aliphatic carbocycles. The molecule has 3 fully saturated rings. The molecule has 3 aliphatic heterocycles. The molecule has 3 aliphatic rings. The summed E-state index contributed by atoms with van der Waals surface area (Å²) in [5.74, 6) is 0.846. The Balaban J connectivity index is 0.000000219. The van der Waals surface area contributed by atoms with Crippen LogP contribution in [0.1, 0.15) is 63.8 Å². The minimum atomic E-state index is -1.28. The van der Waals surface area contributed by atoms with Crippen molar-refractivity contribution in [2.75, 3.05) is 13.2 Å². The zero-order valence-corrected chi connectivity index (χ0v) is 38.6. The van der Waals surface area contributed by atoms with Crippen molar-refractivity contribution in [2.45, 2.75) is 104 Å². The quantitative estimate of drug-likeness (QED) is 0.0693. The molecule has 66 heavy (non-hydrogen) atoms. The van der Waals surface area contributed by atoms with E-state index in [1.165, 1.54) is 0 Å². The lowest BCUT2D eigenvalue weighted by molar-refractivity contribution is -0.275. The minimum absolute atomic E-state index is 0.203. The van der Waals surface area contributed by atoms with Gasteiger partial charge in [0, 0.05) is 23.0 Å². The van der Waals surface area contributed by atoms with Crippen molar-refractivity contribution < 1.29 is 61.7 Å². The number of hydrogen-bond acceptors (Lipinski definition) is 15. The van der Waals surface area contributed by atoms with Crippen molar-refractivity contribution in [1.82, 2.24) is 0 Å². The van der Waals surface area contributed by atoms with Crippen LogP contribution in [0.5, 0.6) is 23.0 Å². The molecule has 2 N–H and O–H groups in total. The number of benzene rings is 2. The maximum Gasteiger partial charge on any atom is 0.509 e. The Morgan fingerprint density at radius 2 is 1.09 bits per heavy atom. The van der Waals surface area contributed by atoms with Crippen molar-refractivity contribution >= 4 is 39.2 Å². The second kappa shape index (κ2) is 19.2. The number of carbonyl (C=O) groups excluding carboxylic acids is 1. The van der Waals surface area contributed by atoms with Gasteiger partial charge in [-0.25, -0.2) is 14.4 Å². The molecule has 7 rings (SSSR count). The van der Waals surface area contributed by atoms with Crippen LogP contribution >= 0.6 is 0 Å². The first-order chi connectivity index (χ1) is 31.2. The van der Waals surface area contributed by atoms with Gasteiger partial charge in [0.15, 0.2) is 6.10 Å². The van der Waals surface area contributed by atoms with E-state index in [1.807, 2.05) is 13.8 Å². The van der Waals surface area contributed by atoms with Crippen LogP contribution in [0, 0.1) is 25.7 Å². The van der Waals surface area contributed by atoms with E-state index in [9.17, 15) is 24.6 Å². The smallest absolute Gasteiger partial charge is 0.488 e. The number of ether oxygens (including phenoxy) is 8. The Morgan fingerprint density at radius 1 is 0.667 bits per heavy atom.